The first-order chi connectivity index (χ1) is 32.3. The number of carbonyl (C=O) groups excluding carboxylic acids is 1. The minimum atomic E-state index is -5.15. The van der Waals surface area contributed by atoms with Gasteiger partial charge in [-0.15, -0.1) is 0 Å². The van der Waals surface area contributed by atoms with Gasteiger partial charge in [0.1, 0.15) is 36.6 Å². The fourth-order valence-electron chi connectivity index (χ4n) is 8.59. The average Bonchev–Trinajstić information content (AvgIpc) is 3.30. The normalized spacial score (nSPS) is 22.5. The molecule has 0 saturated heterocycles. The zero-order valence-corrected chi connectivity index (χ0v) is 43.0. The van der Waals surface area contributed by atoms with Crippen LogP contribution in [0, 0.1) is 0 Å². The zero-order valence-electron chi connectivity index (χ0n) is 42.1. The molecule has 1 fully saturated rings. The lowest BCUT2D eigenvalue weighted by Gasteiger charge is -2.41. The SMILES string of the molecule is CCCCC/C=C\C=C/CCCCCCCCCCC(O)CC(=O)NC(COP(=O)(O)OC1C(O)C(O)C(O)C(O)C1O)C(O)/C=C/CCCCCCCCCCCCCCCCCCCC. The van der Waals surface area contributed by atoms with E-state index in [2.05, 4.69) is 43.5 Å². The standard InChI is InChI=1S/C53H100NO12P/c1-3-5-7-9-11-13-15-17-19-21-22-23-25-27-29-31-33-35-37-39-41-46(56)45(43-65-67(63,64)66-53-51(61)49(59)48(58)50(60)52(53)62)54-47(57)42-44(55)40-38-36-34-32-30-28-26-24-20-18-16-14-12-10-8-6-4-2/h12,14,16,18,39,41,44-46,48-53,55-56,58-62H,3-11,13,15,17,19-38,40,42-43H2,1-2H3,(H,54,57)(H,63,64)/b14-12-,18-16-,41-39+. The first-order valence-electron chi connectivity index (χ1n) is 27.0. The Bertz CT molecular complexity index is 1290. The van der Waals surface area contributed by atoms with Crippen LogP contribution in [0.1, 0.15) is 232 Å². The second kappa shape index (κ2) is 42.2. The zero-order chi connectivity index (χ0) is 49.4. The Morgan fingerprint density at radius 1 is 0.537 bits per heavy atom. The molecule has 0 aromatic heterocycles. The molecule has 394 valence electrons. The topological polar surface area (TPSA) is 226 Å². The highest BCUT2D eigenvalue weighted by Gasteiger charge is 2.51. The fourth-order valence-corrected chi connectivity index (χ4v) is 9.55. The van der Waals surface area contributed by atoms with Crippen molar-refractivity contribution in [2.45, 2.75) is 287 Å². The van der Waals surface area contributed by atoms with Crippen molar-refractivity contribution in [3.05, 3.63) is 36.5 Å². The van der Waals surface area contributed by atoms with Gasteiger partial charge in [0.2, 0.25) is 5.91 Å². The Hall–Kier alpha value is -1.48. The van der Waals surface area contributed by atoms with Gasteiger partial charge in [-0.25, -0.2) is 4.57 Å². The highest BCUT2D eigenvalue weighted by Crippen LogP contribution is 2.47. The van der Waals surface area contributed by atoms with Gasteiger partial charge in [-0.05, 0) is 44.9 Å². The number of phosphoric ester groups is 1. The van der Waals surface area contributed by atoms with Crippen molar-refractivity contribution in [3.63, 3.8) is 0 Å². The van der Waals surface area contributed by atoms with Crippen molar-refractivity contribution in [1.29, 1.82) is 0 Å². The molecular weight excluding hydrogens is 874 g/mol. The maximum Gasteiger partial charge on any atom is 0.472 e. The average molecular weight is 974 g/mol. The summed E-state index contributed by atoms with van der Waals surface area (Å²) in [7, 11) is -5.15. The molecule has 1 amide bonds. The predicted molar refractivity (Wildman–Crippen MR) is 270 cm³/mol. The summed E-state index contributed by atoms with van der Waals surface area (Å²) in [5, 5.41) is 74.8. The Morgan fingerprint density at radius 2 is 0.896 bits per heavy atom. The van der Waals surface area contributed by atoms with E-state index in [0.29, 0.717) is 12.8 Å². The third-order valence-corrected chi connectivity index (χ3v) is 14.0. The van der Waals surface area contributed by atoms with Crippen molar-refractivity contribution < 1.29 is 59.0 Å². The van der Waals surface area contributed by atoms with Crippen LogP contribution in [0.3, 0.4) is 0 Å². The molecule has 0 aliphatic heterocycles. The Labute approximate surface area is 406 Å². The molecule has 8 unspecified atom stereocenters. The van der Waals surface area contributed by atoms with Crippen LogP contribution < -0.4 is 5.32 Å². The van der Waals surface area contributed by atoms with Crippen LogP contribution in [0.4, 0.5) is 0 Å². The molecule has 14 heteroatoms. The number of carbonyl (C=O) groups is 1. The maximum atomic E-state index is 13.1. The van der Waals surface area contributed by atoms with E-state index in [1.54, 1.807) is 6.08 Å². The summed E-state index contributed by atoms with van der Waals surface area (Å²) in [5.41, 5.74) is 0. The lowest BCUT2D eigenvalue weighted by Crippen LogP contribution is -2.64. The van der Waals surface area contributed by atoms with Gasteiger partial charge >= 0.3 is 7.82 Å². The van der Waals surface area contributed by atoms with Crippen molar-refractivity contribution in [2.75, 3.05) is 6.61 Å². The van der Waals surface area contributed by atoms with Crippen LogP contribution in [0.2, 0.25) is 0 Å². The monoisotopic (exact) mass is 974 g/mol. The van der Waals surface area contributed by atoms with E-state index >= 15 is 0 Å². The van der Waals surface area contributed by atoms with Crippen molar-refractivity contribution in [2.24, 2.45) is 0 Å². The summed E-state index contributed by atoms with van der Waals surface area (Å²) >= 11 is 0. The third-order valence-electron chi connectivity index (χ3n) is 13.0. The number of allylic oxidation sites excluding steroid dienone is 5. The van der Waals surface area contributed by atoms with E-state index in [4.69, 9.17) is 9.05 Å². The van der Waals surface area contributed by atoms with Gasteiger partial charge < -0.3 is 46.0 Å². The number of aliphatic hydroxyl groups is 7. The van der Waals surface area contributed by atoms with Crippen molar-refractivity contribution in [3.8, 4) is 0 Å². The number of rotatable bonds is 45. The van der Waals surface area contributed by atoms with Gasteiger partial charge in [0, 0.05) is 0 Å². The van der Waals surface area contributed by atoms with E-state index in [1.807, 2.05) is 0 Å². The quantitative estimate of drug-likeness (QED) is 0.0120. The second-order valence-corrected chi connectivity index (χ2v) is 20.7. The minimum Gasteiger partial charge on any atom is -0.393 e. The van der Waals surface area contributed by atoms with Gasteiger partial charge in [-0.3, -0.25) is 13.8 Å². The molecule has 0 spiro atoms. The number of amides is 1. The molecule has 1 saturated carbocycles. The second-order valence-electron chi connectivity index (χ2n) is 19.3. The van der Waals surface area contributed by atoms with E-state index in [0.717, 1.165) is 57.8 Å². The van der Waals surface area contributed by atoms with E-state index < -0.39 is 75.2 Å². The summed E-state index contributed by atoms with van der Waals surface area (Å²) in [6.45, 7) is 3.74. The molecule has 0 radical (unpaired) electrons. The largest absolute Gasteiger partial charge is 0.472 e. The molecule has 1 aliphatic rings. The predicted octanol–water partition coefficient (Wildman–Crippen LogP) is 10.5. The Morgan fingerprint density at radius 3 is 1.34 bits per heavy atom. The van der Waals surface area contributed by atoms with Crippen LogP contribution >= 0.6 is 7.82 Å². The number of unbranched alkanes of at least 4 members (excludes halogenated alkanes) is 29. The molecule has 1 rings (SSSR count). The summed E-state index contributed by atoms with van der Waals surface area (Å²) in [6.07, 6.45) is 36.4. The smallest absolute Gasteiger partial charge is 0.393 e. The van der Waals surface area contributed by atoms with Gasteiger partial charge in [-0.2, -0.15) is 0 Å². The number of hydrogen-bond acceptors (Lipinski definition) is 11. The summed E-state index contributed by atoms with van der Waals surface area (Å²) in [6, 6.07) is -1.24. The van der Waals surface area contributed by atoms with Crippen molar-refractivity contribution >= 4 is 13.7 Å². The van der Waals surface area contributed by atoms with Crippen LogP contribution in [0.5, 0.6) is 0 Å². The lowest BCUT2D eigenvalue weighted by atomic mass is 9.85. The van der Waals surface area contributed by atoms with Gasteiger partial charge in [-0.1, -0.05) is 217 Å². The van der Waals surface area contributed by atoms with Crippen LogP contribution in [0.15, 0.2) is 36.5 Å². The molecule has 0 aromatic rings. The fraction of sp³-hybridized carbons (Fsp3) is 0.868. The molecule has 1 aliphatic carbocycles. The molecular formula is C53H100NO12P. The summed E-state index contributed by atoms with van der Waals surface area (Å²) < 4.78 is 23.0. The summed E-state index contributed by atoms with van der Waals surface area (Å²) in [4.78, 5) is 23.5. The minimum absolute atomic E-state index is 0.249. The Balaban J connectivity index is 2.47. The number of phosphoric acid groups is 1. The van der Waals surface area contributed by atoms with E-state index in [-0.39, 0.29) is 6.42 Å². The lowest BCUT2D eigenvalue weighted by molar-refractivity contribution is -0.220. The summed E-state index contributed by atoms with van der Waals surface area (Å²) in [5.74, 6) is -0.595. The van der Waals surface area contributed by atoms with Crippen LogP contribution in [-0.4, -0.2) is 108 Å². The van der Waals surface area contributed by atoms with Gasteiger partial charge in [0.05, 0.1) is 31.3 Å². The van der Waals surface area contributed by atoms with Crippen LogP contribution in [0.25, 0.3) is 0 Å². The molecule has 0 heterocycles. The molecule has 0 bridgehead atoms. The Kier molecular flexibility index (Phi) is 40.0. The highest BCUT2D eigenvalue weighted by atomic mass is 31.2. The number of aliphatic hydroxyl groups excluding tert-OH is 7. The molecule has 9 N–H and O–H groups in total. The molecule has 8 atom stereocenters. The number of hydrogen-bond donors (Lipinski definition) is 9. The molecule has 67 heavy (non-hydrogen) atoms. The first kappa shape index (κ1) is 63.5. The van der Waals surface area contributed by atoms with E-state index in [9.17, 15) is 50.0 Å². The molecule has 0 aromatic carbocycles. The number of nitrogens with one attached hydrogen (secondary N) is 1. The first-order valence-corrected chi connectivity index (χ1v) is 28.5. The van der Waals surface area contributed by atoms with Crippen molar-refractivity contribution in [1.82, 2.24) is 5.32 Å². The third kappa shape index (κ3) is 33.7. The van der Waals surface area contributed by atoms with Gasteiger partial charge in [0.15, 0.2) is 0 Å². The van der Waals surface area contributed by atoms with Crippen LogP contribution in [-0.2, 0) is 18.4 Å². The van der Waals surface area contributed by atoms with E-state index in [1.165, 1.54) is 147 Å². The maximum absolute atomic E-state index is 13.1. The molecule has 13 nitrogen and oxygen atoms in total. The highest BCUT2D eigenvalue weighted by molar-refractivity contribution is 7.47. The van der Waals surface area contributed by atoms with Gasteiger partial charge in [0.25, 0.3) is 0 Å².